The highest BCUT2D eigenvalue weighted by Gasteiger charge is 2.18. The number of hydrogen-bond donors (Lipinski definition) is 2. The van der Waals surface area contributed by atoms with Crippen molar-refractivity contribution in [1.82, 2.24) is 15.1 Å². The lowest BCUT2D eigenvalue weighted by Crippen LogP contribution is -2.44. The molecule has 0 bridgehead atoms. The number of rotatable bonds is 4. The first kappa shape index (κ1) is 19.0. The summed E-state index contributed by atoms with van der Waals surface area (Å²) in [6.45, 7) is 9.27. The highest BCUT2D eigenvalue weighted by Crippen LogP contribution is 2.23. The van der Waals surface area contributed by atoms with Crippen molar-refractivity contribution in [2.24, 2.45) is 5.92 Å². The third kappa shape index (κ3) is 5.35. The van der Waals surface area contributed by atoms with Crippen LogP contribution in [0.1, 0.15) is 18.4 Å². The SMILES string of the molecule is Cc1cc(NC(=O)NCC2CCCN(C)C2)cc(N2CCN(C)CC2)c1. The van der Waals surface area contributed by atoms with Crippen molar-refractivity contribution in [2.75, 3.05) is 70.1 Å². The average Bonchev–Trinajstić information content (AvgIpc) is 2.60. The first-order chi connectivity index (χ1) is 12.5. The summed E-state index contributed by atoms with van der Waals surface area (Å²) in [5.74, 6) is 0.554. The zero-order valence-corrected chi connectivity index (χ0v) is 16.4. The Kier molecular flexibility index (Phi) is 6.38. The Morgan fingerprint density at radius 3 is 2.58 bits per heavy atom. The number of urea groups is 1. The Balaban J connectivity index is 1.54. The zero-order chi connectivity index (χ0) is 18.5. The summed E-state index contributed by atoms with van der Waals surface area (Å²) in [5, 5.41) is 6.07. The highest BCUT2D eigenvalue weighted by molar-refractivity contribution is 5.90. The summed E-state index contributed by atoms with van der Waals surface area (Å²) < 4.78 is 0. The van der Waals surface area contributed by atoms with E-state index >= 15 is 0 Å². The van der Waals surface area contributed by atoms with Crippen LogP contribution in [0.3, 0.4) is 0 Å². The molecule has 1 aromatic carbocycles. The van der Waals surface area contributed by atoms with Gasteiger partial charge in [0.2, 0.25) is 0 Å². The molecule has 2 aliphatic rings. The predicted octanol–water partition coefficient (Wildman–Crippen LogP) is 2.21. The highest BCUT2D eigenvalue weighted by atomic mass is 16.2. The Labute approximate surface area is 157 Å². The maximum Gasteiger partial charge on any atom is 0.319 e. The minimum absolute atomic E-state index is 0.104. The summed E-state index contributed by atoms with van der Waals surface area (Å²) in [7, 11) is 4.31. The van der Waals surface area contributed by atoms with Gasteiger partial charge in [0.25, 0.3) is 0 Å². The molecule has 144 valence electrons. The minimum Gasteiger partial charge on any atom is -0.369 e. The largest absolute Gasteiger partial charge is 0.369 e. The van der Waals surface area contributed by atoms with Crippen LogP contribution in [0.4, 0.5) is 16.2 Å². The lowest BCUT2D eigenvalue weighted by molar-refractivity contribution is 0.204. The molecule has 0 saturated carbocycles. The number of likely N-dealkylation sites (tertiary alicyclic amines) is 1. The van der Waals surface area contributed by atoms with Gasteiger partial charge in [0.15, 0.2) is 0 Å². The number of amides is 2. The van der Waals surface area contributed by atoms with E-state index in [0.29, 0.717) is 5.92 Å². The summed E-state index contributed by atoms with van der Waals surface area (Å²) in [6.07, 6.45) is 2.42. The molecular weight excluding hydrogens is 326 g/mol. The number of nitrogens with one attached hydrogen (secondary N) is 2. The molecule has 6 nitrogen and oxygen atoms in total. The third-order valence-corrected chi connectivity index (χ3v) is 5.46. The van der Waals surface area contributed by atoms with Crippen LogP contribution in [0.25, 0.3) is 0 Å². The van der Waals surface area contributed by atoms with Gasteiger partial charge in [-0.2, -0.15) is 0 Å². The number of carbonyl (C=O) groups is 1. The molecule has 2 saturated heterocycles. The molecule has 3 rings (SSSR count). The molecule has 1 atom stereocenters. The van der Waals surface area contributed by atoms with Gasteiger partial charge in [0, 0.05) is 50.6 Å². The second-order valence-electron chi connectivity index (χ2n) is 7.95. The standard InChI is InChI=1S/C20H33N5O/c1-16-11-18(13-19(12-16)25-9-7-23(2)8-10-25)22-20(26)21-14-17-5-4-6-24(3)15-17/h11-13,17H,4-10,14-15H2,1-3H3,(H2,21,22,26). The smallest absolute Gasteiger partial charge is 0.319 e. The number of piperazine rings is 1. The molecule has 2 amide bonds. The number of anilines is 2. The van der Waals surface area contributed by atoms with Gasteiger partial charge in [-0.15, -0.1) is 0 Å². The second-order valence-corrected chi connectivity index (χ2v) is 7.95. The fourth-order valence-corrected chi connectivity index (χ4v) is 3.93. The normalized spacial score (nSPS) is 22.3. The number of hydrogen-bond acceptors (Lipinski definition) is 4. The average molecular weight is 360 g/mol. The zero-order valence-electron chi connectivity index (χ0n) is 16.4. The van der Waals surface area contributed by atoms with Crippen molar-refractivity contribution in [3.63, 3.8) is 0 Å². The maximum atomic E-state index is 12.3. The molecule has 0 aliphatic carbocycles. The molecule has 2 fully saturated rings. The van der Waals surface area contributed by atoms with Gasteiger partial charge in [-0.05, 0) is 70.1 Å². The molecule has 2 N–H and O–H groups in total. The molecule has 2 heterocycles. The van der Waals surface area contributed by atoms with Crippen molar-refractivity contribution in [3.8, 4) is 0 Å². The van der Waals surface area contributed by atoms with Gasteiger partial charge in [0.05, 0.1) is 0 Å². The summed E-state index contributed by atoms with van der Waals surface area (Å²) in [6, 6.07) is 6.22. The van der Waals surface area contributed by atoms with E-state index in [-0.39, 0.29) is 6.03 Å². The van der Waals surface area contributed by atoms with Gasteiger partial charge < -0.3 is 25.3 Å². The molecule has 6 heteroatoms. The van der Waals surface area contributed by atoms with Crippen molar-refractivity contribution in [1.29, 1.82) is 0 Å². The van der Waals surface area contributed by atoms with Crippen molar-refractivity contribution >= 4 is 17.4 Å². The Hall–Kier alpha value is -1.79. The Bertz CT molecular complexity index is 612. The molecular formula is C20H33N5O. The number of piperidine rings is 1. The number of benzene rings is 1. The van der Waals surface area contributed by atoms with E-state index in [1.807, 2.05) is 6.07 Å². The molecule has 1 aromatic rings. The van der Waals surface area contributed by atoms with Gasteiger partial charge in [-0.3, -0.25) is 0 Å². The number of likely N-dealkylation sites (N-methyl/N-ethyl adjacent to an activating group) is 1. The van der Waals surface area contributed by atoms with Crippen LogP contribution in [0.2, 0.25) is 0 Å². The fourth-order valence-electron chi connectivity index (χ4n) is 3.93. The van der Waals surface area contributed by atoms with Gasteiger partial charge >= 0.3 is 6.03 Å². The van der Waals surface area contributed by atoms with E-state index in [4.69, 9.17) is 0 Å². The van der Waals surface area contributed by atoms with E-state index in [1.165, 1.54) is 30.6 Å². The van der Waals surface area contributed by atoms with Crippen LogP contribution >= 0.6 is 0 Å². The number of nitrogens with zero attached hydrogens (tertiary/aromatic N) is 3. The van der Waals surface area contributed by atoms with E-state index in [1.54, 1.807) is 0 Å². The first-order valence-electron chi connectivity index (χ1n) is 9.78. The van der Waals surface area contributed by atoms with Crippen LogP contribution in [0.5, 0.6) is 0 Å². The lowest BCUT2D eigenvalue weighted by Gasteiger charge is -2.34. The maximum absolute atomic E-state index is 12.3. The summed E-state index contributed by atoms with van der Waals surface area (Å²) >= 11 is 0. The first-order valence-corrected chi connectivity index (χ1v) is 9.78. The lowest BCUT2D eigenvalue weighted by atomic mass is 9.99. The van der Waals surface area contributed by atoms with Crippen LogP contribution < -0.4 is 15.5 Å². The van der Waals surface area contributed by atoms with Crippen molar-refractivity contribution in [3.05, 3.63) is 23.8 Å². The molecule has 0 radical (unpaired) electrons. The van der Waals surface area contributed by atoms with Crippen molar-refractivity contribution in [2.45, 2.75) is 19.8 Å². The molecule has 0 spiro atoms. The number of aryl methyl sites for hydroxylation is 1. The summed E-state index contributed by atoms with van der Waals surface area (Å²) in [5.41, 5.74) is 3.24. The molecule has 1 unspecified atom stereocenters. The van der Waals surface area contributed by atoms with Crippen LogP contribution in [-0.2, 0) is 0 Å². The van der Waals surface area contributed by atoms with E-state index in [2.05, 4.69) is 58.5 Å². The predicted molar refractivity (Wildman–Crippen MR) is 108 cm³/mol. The number of carbonyl (C=O) groups excluding carboxylic acids is 1. The van der Waals surface area contributed by atoms with E-state index in [0.717, 1.165) is 45.0 Å². The Morgan fingerprint density at radius 1 is 1.08 bits per heavy atom. The van der Waals surface area contributed by atoms with E-state index < -0.39 is 0 Å². The Morgan fingerprint density at radius 2 is 1.85 bits per heavy atom. The quantitative estimate of drug-likeness (QED) is 0.865. The molecule has 2 aliphatic heterocycles. The fraction of sp³-hybridized carbons (Fsp3) is 0.650. The van der Waals surface area contributed by atoms with E-state index in [9.17, 15) is 4.79 Å². The van der Waals surface area contributed by atoms with Gasteiger partial charge in [-0.25, -0.2) is 4.79 Å². The second kappa shape index (κ2) is 8.73. The van der Waals surface area contributed by atoms with Crippen LogP contribution in [-0.4, -0.2) is 75.7 Å². The van der Waals surface area contributed by atoms with Gasteiger partial charge in [-0.1, -0.05) is 0 Å². The minimum atomic E-state index is -0.104. The monoisotopic (exact) mass is 359 g/mol. The van der Waals surface area contributed by atoms with Gasteiger partial charge in [0.1, 0.15) is 0 Å². The third-order valence-electron chi connectivity index (χ3n) is 5.46. The van der Waals surface area contributed by atoms with Crippen molar-refractivity contribution < 1.29 is 4.79 Å². The molecule has 26 heavy (non-hydrogen) atoms. The summed E-state index contributed by atoms with van der Waals surface area (Å²) in [4.78, 5) is 19.4. The van der Waals surface area contributed by atoms with Crippen LogP contribution in [0.15, 0.2) is 18.2 Å². The topological polar surface area (TPSA) is 50.9 Å². The molecule has 0 aromatic heterocycles. The van der Waals surface area contributed by atoms with Crippen LogP contribution in [0, 0.1) is 12.8 Å².